The van der Waals surface area contributed by atoms with Gasteiger partial charge in [-0.2, -0.15) is 5.26 Å². The highest BCUT2D eigenvalue weighted by Gasteiger charge is 2.13. The van der Waals surface area contributed by atoms with Gasteiger partial charge in [-0.05, 0) is 48.9 Å². The van der Waals surface area contributed by atoms with Crippen molar-refractivity contribution in [1.82, 2.24) is 0 Å². The highest BCUT2D eigenvalue weighted by Crippen LogP contribution is 2.27. The minimum absolute atomic E-state index is 0.0399. The smallest absolute Gasteiger partial charge is 0.269 e. The van der Waals surface area contributed by atoms with Crippen molar-refractivity contribution < 1.29 is 14.5 Å². The number of non-ortho nitro benzene ring substituents is 1. The van der Waals surface area contributed by atoms with Gasteiger partial charge < -0.3 is 10.1 Å². The predicted octanol–water partition coefficient (Wildman–Crippen LogP) is 5.68. The third-order valence-corrected chi connectivity index (χ3v) is 4.70. The average molecular weight is 448 g/mol. The van der Waals surface area contributed by atoms with E-state index in [0.717, 1.165) is 5.56 Å². The van der Waals surface area contributed by atoms with Crippen molar-refractivity contribution in [3.63, 3.8) is 0 Å². The van der Waals surface area contributed by atoms with Gasteiger partial charge in [0.2, 0.25) is 0 Å². The molecule has 0 saturated carbocycles. The Labute approximate surface area is 189 Å². The van der Waals surface area contributed by atoms with E-state index in [1.807, 2.05) is 25.1 Å². The van der Waals surface area contributed by atoms with Crippen LogP contribution in [-0.2, 0) is 11.4 Å². The molecular weight excluding hydrogens is 430 g/mol. The number of halogens is 1. The number of ether oxygens (including phenoxy) is 1. The molecule has 8 heteroatoms. The Morgan fingerprint density at radius 1 is 1.19 bits per heavy atom. The van der Waals surface area contributed by atoms with E-state index in [4.69, 9.17) is 16.3 Å². The third-order valence-electron chi connectivity index (χ3n) is 4.46. The molecule has 0 bridgehead atoms. The summed E-state index contributed by atoms with van der Waals surface area (Å²) >= 11 is 6.10. The zero-order valence-electron chi connectivity index (χ0n) is 17.0. The van der Waals surface area contributed by atoms with Crippen LogP contribution in [0.25, 0.3) is 6.08 Å². The Balaban J connectivity index is 1.82. The van der Waals surface area contributed by atoms with Crippen LogP contribution in [0.5, 0.6) is 5.75 Å². The molecule has 3 rings (SSSR count). The molecule has 1 amide bonds. The Kier molecular flexibility index (Phi) is 7.21. The number of nitrogens with zero attached hydrogens (tertiary/aromatic N) is 2. The Bertz CT molecular complexity index is 1230. The summed E-state index contributed by atoms with van der Waals surface area (Å²) in [5.74, 6) is -0.197. The summed E-state index contributed by atoms with van der Waals surface area (Å²) in [6.45, 7) is 1.99. The van der Waals surface area contributed by atoms with Gasteiger partial charge in [-0.1, -0.05) is 41.4 Å². The van der Waals surface area contributed by atoms with Gasteiger partial charge in [0.15, 0.2) is 0 Å². The summed E-state index contributed by atoms with van der Waals surface area (Å²) in [6.07, 6.45) is 1.39. The number of rotatable bonds is 7. The average Bonchev–Trinajstić information content (AvgIpc) is 2.78. The number of nitro benzene ring substituents is 1. The fraction of sp³-hybridized carbons (Fsp3) is 0.0833. The van der Waals surface area contributed by atoms with E-state index < -0.39 is 10.8 Å². The maximum Gasteiger partial charge on any atom is 0.269 e. The van der Waals surface area contributed by atoms with Gasteiger partial charge in [0.1, 0.15) is 24.0 Å². The number of hydrogen-bond donors (Lipinski definition) is 1. The minimum atomic E-state index is -0.569. The van der Waals surface area contributed by atoms with Gasteiger partial charge in [-0.3, -0.25) is 14.9 Å². The molecule has 0 unspecified atom stereocenters. The number of amides is 1. The largest absolute Gasteiger partial charge is 0.488 e. The number of carbonyl (C=O) groups excluding carboxylic acids is 1. The molecule has 1 N–H and O–H groups in total. The molecule has 0 aliphatic heterocycles. The van der Waals surface area contributed by atoms with Crippen molar-refractivity contribution in [3.05, 3.63) is 104 Å². The monoisotopic (exact) mass is 447 g/mol. The van der Waals surface area contributed by atoms with Crippen LogP contribution in [0.4, 0.5) is 11.4 Å². The lowest BCUT2D eigenvalue weighted by molar-refractivity contribution is -0.384. The summed E-state index contributed by atoms with van der Waals surface area (Å²) in [4.78, 5) is 23.0. The Hall–Kier alpha value is -4.15. The number of carbonyl (C=O) groups is 1. The molecule has 32 heavy (non-hydrogen) atoms. The summed E-state index contributed by atoms with van der Waals surface area (Å²) < 4.78 is 5.80. The van der Waals surface area contributed by atoms with Crippen molar-refractivity contribution in [3.8, 4) is 11.8 Å². The number of hydrogen-bond acceptors (Lipinski definition) is 5. The number of aryl methyl sites for hydroxylation is 1. The predicted molar refractivity (Wildman–Crippen MR) is 122 cm³/mol. The number of benzene rings is 3. The fourth-order valence-corrected chi connectivity index (χ4v) is 3.00. The second-order valence-electron chi connectivity index (χ2n) is 6.89. The first kappa shape index (κ1) is 22.5. The number of nitriles is 1. The third kappa shape index (κ3) is 5.94. The van der Waals surface area contributed by atoms with Gasteiger partial charge in [0.05, 0.1) is 4.92 Å². The molecule has 0 heterocycles. The second kappa shape index (κ2) is 10.2. The van der Waals surface area contributed by atoms with Crippen molar-refractivity contribution in [2.45, 2.75) is 13.5 Å². The SMILES string of the molecule is Cc1ccc(NC(=O)/C(C#N)=C/c2cc(Cl)ccc2OCc2cccc([N+](=O)[O-])c2)cc1. The Morgan fingerprint density at radius 2 is 1.94 bits per heavy atom. The topological polar surface area (TPSA) is 105 Å². The first-order chi connectivity index (χ1) is 15.4. The van der Waals surface area contributed by atoms with E-state index in [2.05, 4.69) is 5.32 Å². The molecule has 160 valence electrons. The molecule has 0 aliphatic rings. The zero-order chi connectivity index (χ0) is 23.1. The molecule has 0 saturated heterocycles. The molecule has 0 radical (unpaired) electrons. The van der Waals surface area contributed by atoms with Crippen LogP contribution in [0, 0.1) is 28.4 Å². The van der Waals surface area contributed by atoms with E-state index in [0.29, 0.717) is 27.6 Å². The van der Waals surface area contributed by atoms with E-state index >= 15 is 0 Å². The maximum absolute atomic E-state index is 12.6. The molecule has 0 fully saturated rings. The molecule has 3 aromatic carbocycles. The lowest BCUT2D eigenvalue weighted by atomic mass is 10.1. The van der Waals surface area contributed by atoms with Crippen LogP contribution in [0.3, 0.4) is 0 Å². The van der Waals surface area contributed by atoms with Crippen molar-refractivity contribution >= 4 is 35.0 Å². The molecule has 0 aromatic heterocycles. The lowest BCUT2D eigenvalue weighted by Crippen LogP contribution is -2.13. The fourth-order valence-electron chi connectivity index (χ4n) is 2.82. The second-order valence-corrected chi connectivity index (χ2v) is 7.32. The van der Waals surface area contributed by atoms with Gasteiger partial charge in [0, 0.05) is 28.4 Å². The number of nitro groups is 1. The maximum atomic E-state index is 12.6. The summed E-state index contributed by atoms with van der Waals surface area (Å²) in [5.41, 5.74) is 2.47. The van der Waals surface area contributed by atoms with Crippen LogP contribution in [-0.4, -0.2) is 10.8 Å². The summed E-state index contributed by atoms with van der Waals surface area (Å²) in [5, 5.41) is 23.6. The molecular formula is C24H18ClN3O4. The van der Waals surface area contributed by atoms with Gasteiger partial charge in [-0.15, -0.1) is 0 Å². The van der Waals surface area contributed by atoms with Crippen LogP contribution < -0.4 is 10.1 Å². The zero-order valence-corrected chi connectivity index (χ0v) is 17.8. The Morgan fingerprint density at radius 3 is 2.62 bits per heavy atom. The summed E-state index contributed by atoms with van der Waals surface area (Å²) in [6, 6.07) is 20.0. The van der Waals surface area contributed by atoms with Crippen LogP contribution in [0.15, 0.2) is 72.3 Å². The highest BCUT2D eigenvalue weighted by atomic mass is 35.5. The quantitative estimate of drug-likeness (QED) is 0.217. The normalized spacial score (nSPS) is 10.8. The first-order valence-electron chi connectivity index (χ1n) is 9.51. The summed E-state index contributed by atoms with van der Waals surface area (Å²) in [7, 11) is 0. The van der Waals surface area contributed by atoms with Crippen LogP contribution >= 0.6 is 11.6 Å². The molecule has 7 nitrogen and oxygen atoms in total. The van der Waals surface area contributed by atoms with Gasteiger partial charge in [-0.25, -0.2) is 0 Å². The van der Waals surface area contributed by atoms with Crippen LogP contribution in [0.2, 0.25) is 5.02 Å². The number of anilines is 1. The lowest BCUT2D eigenvalue weighted by Gasteiger charge is -2.11. The van der Waals surface area contributed by atoms with Crippen molar-refractivity contribution in [1.29, 1.82) is 5.26 Å². The molecule has 0 atom stereocenters. The molecule has 0 aliphatic carbocycles. The van der Waals surface area contributed by atoms with Crippen molar-refractivity contribution in [2.24, 2.45) is 0 Å². The minimum Gasteiger partial charge on any atom is -0.488 e. The van der Waals surface area contributed by atoms with Crippen LogP contribution in [0.1, 0.15) is 16.7 Å². The van der Waals surface area contributed by atoms with Crippen molar-refractivity contribution in [2.75, 3.05) is 5.32 Å². The van der Waals surface area contributed by atoms with E-state index in [-0.39, 0.29) is 17.9 Å². The first-order valence-corrected chi connectivity index (χ1v) is 9.89. The van der Waals surface area contributed by atoms with E-state index in [1.54, 1.807) is 42.5 Å². The number of nitrogens with one attached hydrogen (secondary N) is 1. The molecule has 3 aromatic rings. The van der Waals surface area contributed by atoms with E-state index in [9.17, 15) is 20.2 Å². The standard InChI is InChI=1S/C24H18ClN3O4/c1-16-5-8-21(9-6-16)27-24(29)19(14-26)12-18-13-20(25)7-10-23(18)32-15-17-3-2-4-22(11-17)28(30)31/h2-13H,15H2,1H3,(H,27,29)/b19-12+. The highest BCUT2D eigenvalue weighted by molar-refractivity contribution is 6.30. The van der Waals surface area contributed by atoms with Gasteiger partial charge in [0.25, 0.3) is 11.6 Å². The van der Waals surface area contributed by atoms with Gasteiger partial charge >= 0.3 is 0 Å². The van der Waals surface area contributed by atoms with E-state index in [1.165, 1.54) is 18.2 Å². The molecule has 0 spiro atoms.